The highest BCUT2D eigenvalue weighted by Gasteiger charge is 2.31. The number of nitrogens with one attached hydrogen (secondary N) is 1. The molecule has 0 radical (unpaired) electrons. The predicted octanol–water partition coefficient (Wildman–Crippen LogP) is 2.58. The van der Waals surface area contributed by atoms with Crippen LogP contribution in [-0.4, -0.2) is 25.3 Å². The van der Waals surface area contributed by atoms with E-state index >= 15 is 0 Å². The van der Waals surface area contributed by atoms with Crippen molar-refractivity contribution in [2.24, 2.45) is 5.92 Å². The Balaban J connectivity index is 2.39. The third-order valence-electron chi connectivity index (χ3n) is 3.33. The van der Waals surface area contributed by atoms with Crippen LogP contribution in [0.5, 0.6) is 0 Å². The monoisotopic (exact) mass is 223 g/mol. The van der Waals surface area contributed by atoms with Crippen LogP contribution in [0.25, 0.3) is 0 Å². The van der Waals surface area contributed by atoms with Crippen LogP contribution in [0.2, 0.25) is 0 Å². The van der Waals surface area contributed by atoms with Crippen LogP contribution in [0.3, 0.4) is 0 Å². The van der Waals surface area contributed by atoms with Gasteiger partial charge >= 0.3 is 0 Å². The molecule has 2 nitrogen and oxygen atoms in total. The summed E-state index contributed by atoms with van der Waals surface area (Å²) >= 11 is 0. The van der Waals surface area contributed by atoms with E-state index in [1.54, 1.807) is 0 Å². The lowest BCUT2D eigenvalue weighted by atomic mass is 9.94. The van der Waals surface area contributed by atoms with E-state index in [2.05, 4.69) is 25.1 Å². The Labute approximate surface area is 100 Å². The Morgan fingerprint density at radius 2 is 2.38 bits per heavy atom. The molecule has 2 heteroatoms. The van der Waals surface area contributed by atoms with E-state index in [1.165, 1.54) is 12.8 Å². The van der Waals surface area contributed by atoms with Gasteiger partial charge in [0.25, 0.3) is 0 Å². The fraction of sp³-hybridized carbons (Fsp3) is 0.857. The van der Waals surface area contributed by atoms with E-state index in [-0.39, 0.29) is 0 Å². The van der Waals surface area contributed by atoms with Gasteiger partial charge < -0.3 is 10.1 Å². The minimum atomic E-state index is 0.393. The first-order chi connectivity index (χ1) is 7.79. The second kappa shape index (κ2) is 7.70. The largest absolute Gasteiger partial charge is 0.376 e. The maximum absolute atomic E-state index is 5.84. The minimum absolute atomic E-state index is 0.393. The Morgan fingerprint density at radius 3 is 2.94 bits per heavy atom. The van der Waals surface area contributed by atoms with E-state index in [9.17, 15) is 0 Å². The molecule has 1 aliphatic heterocycles. The molecular formula is C14H25NO. The van der Waals surface area contributed by atoms with E-state index in [4.69, 9.17) is 11.2 Å². The molecule has 3 unspecified atom stereocenters. The van der Waals surface area contributed by atoms with Crippen LogP contribution in [-0.2, 0) is 4.74 Å². The van der Waals surface area contributed by atoms with Gasteiger partial charge in [-0.25, -0.2) is 0 Å². The van der Waals surface area contributed by atoms with E-state index in [0.717, 1.165) is 32.4 Å². The summed E-state index contributed by atoms with van der Waals surface area (Å²) in [6, 6.07) is 0.491. The fourth-order valence-electron chi connectivity index (χ4n) is 2.37. The maximum atomic E-state index is 5.84. The lowest BCUT2D eigenvalue weighted by Gasteiger charge is -2.27. The number of terminal acetylenes is 1. The molecule has 3 atom stereocenters. The summed E-state index contributed by atoms with van der Waals surface area (Å²) in [5, 5.41) is 3.61. The van der Waals surface area contributed by atoms with Crippen molar-refractivity contribution in [1.82, 2.24) is 5.32 Å². The topological polar surface area (TPSA) is 21.3 Å². The van der Waals surface area contributed by atoms with E-state index < -0.39 is 0 Å². The van der Waals surface area contributed by atoms with Crippen LogP contribution >= 0.6 is 0 Å². The fourth-order valence-corrected chi connectivity index (χ4v) is 2.37. The van der Waals surface area contributed by atoms with Gasteiger partial charge in [-0.15, -0.1) is 12.3 Å². The van der Waals surface area contributed by atoms with Crippen LogP contribution in [0.1, 0.15) is 46.0 Å². The van der Waals surface area contributed by atoms with Gasteiger partial charge in [0.15, 0.2) is 0 Å². The van der Waals surface area contributed by atoms with Crippen LogP contribution in [0, 0.1) is 18.3 Å². The summed E-state index contributed by atoms with van der Waals surface area (Å²) in [6.07, 6.45) is 11.2. The second-order valence-electron chi connectivity index (χ2n) is 4.76. The first-order valence-electron chi connectivity index (χ1n) is 6.58. The SMILES string of the molecule is C#CCCCC(NCCC)C1OCCC1C. The van der Waals surface area contributed by atoms with Crippen molar-refractivity contribution in [1.29, 1.82) is 0 Å². The summed E-state index contributed by atoms with van der Waals surface area (Å²) < 4.78 is 5.84. The molecule has 1 heterocycles. The highest BCUT2D eigenvalue weighted by atomic mass is 16.5. The normalized spacial score (nSPS) is 26.6. The first-order valence-corrected chi connectivity index (χ1v) is 6.58. The number of rotatable bonds is 7. The molecule has 0 spiro atoms. The summed E-state index contributed by atoms with van der Waals surface area (Å²) in [4.78, 5) is 0. The molecule has 1 aliphatic rings. The maximum Gasteiger partial charge on any atom is 0.0754 e. The van der Waals surface area contributed by atoms with Crippen LogP contribution in [0.4, 0.5) is 0 Å². The van der Waals surface area contributed by atoms with Crippen molar-refractivity contribution in [3.05, 3.63) is 0 Å². The number of unbranched alkanes of at least 4 members (excludes halogenated alkanes) is 1. The average Bonchev–Trinajstić information content (AvgIpc) is 2.70. The molecule has 0 aromatic heterocycles. The molecule has 0 amide bonds. The highest BCUT2D eigenvalue weighted by molar-refractivity contribution is 4.88. The molecule has 92 valence electrons. The summed E-state index contributed by atoms with van der Waals surface area (Å²) in [5.74, 6) is 3.39. The van der Waals surface area contributed by atoms with Gasteiger partial charge in [-0.3, -0.25) is 0 Å². The van der Waals surface area contributed by atoms with Gasteiger partial charge in [-0.1, -0.05) is 13.8 Å². The van der Waals surface area contributed by atoms with Gasteiger partial charge in [-0.05, 0) is 38.1 Å². The van der Waals surface area contributed by atoms with Gasteiger partial charge in [0, 0.05) is 19.1 Å². The Bertz CT molecular complexity index is 221. The molecule has 1 rings (SSSR count). The van der Waals surface area contributed by atoms with E-state index in [1.807, 2.05) is 0 Å². The number of hydrogen-bond donors (Lipinski definition) is 1. The summed E-state index contributed by atoms with van der Waals surface area (Å²) in [6.45, 7) is 6.49. The van der Waals surface area contributed by atoms with Gasteiger partial charge in [0.05, 0.1) is 6.10 Å². The number of hydrogen-bond acceptors (Lipinski definition) is 2. The quantitative estimate of drug-likeness (QED) is 0.529. The summed E-state index contributed by atoms with van der Waals surface area (Å²) in [7, 11) is 0. The second-order valence-corrected chi connectivity index (χ2v) is 4.76. The lowest BCUT2D eigenvalue weighted by Crippen LogP contribution is -2.42. The van der Waals surface area contributed by atoms with Crippen molar-refractivity contribution >= 4 is 0 Å². The molecule has 0 aliphatic carbocycles. The lowest BCUT2D eigenvalue weighted by molar-refractivity contribution is 0.0577. The van der Waals surface area contributed by atoms with E-state index in [0.29, 0.717) is 18.1 Å². The van der Waals surface area contributed by atoms with Gasteiger partial charge in [0.1, 0.15) is 0 Å². The summed E-state index contributed by atoms with van der Waals surface area (Å²) in [5.41, 5.74) is 0. The molecule has 1 fully saturated rings. The van der Waals surface area contributed by atoms with Crippen molar-refractivity contribution in [3.8, 4) is 12.3 Å². The zero-order valence-electron chi connectivity index (χ0n) is 10.7. The van der Waals surface area contributed by atoms with Crippen LogP contribution < -0.4 is 5.32 Å². The highest BCUT2D eigenvalue weighted by Crippen LogP contribution is 2.25. The van der Waals surface area contributed by atoms with Gasteiger partial charge in [0.2, 0.25) is 0 Å². The molecule has 1 saturated heterocycles. The third-order valence-corrected chi connectivity index (χ3v) is 3.33. The van der Waals surface area contributed by atoms with Gasteiger partial charge in [-0.2, -0.15) is 0 Å². The molecule has 16 heavy (non-hydrogen) atoms. The van der Waals surface area contributed by atoms with Crippen molar-refractivity contribution in [3.63, 3.8) is 0 Å². The minimum Gasteiger partial charge on any atom is -0.376 e. The number of ether oxygens (including phenoxy) is 1. The standard InChI is InChI=1S/C14H25NO/c1-4-6-7-8-13(15-10-5-2)14-12(3)9-11-16-14/h1,12-15H,5-11H2,2-3H3. The zero-order chi connectivity index (χ0) is 11.8. The Kier molecular flexibility index (Phi) is 6.52. The molecule has 0 aromatic carbocycles. The molecule has 1 N–H and O–H groups in total. The molecule has 0 saturated carbocycles. The third kappa shape index (κ3) is 4.15. The predicted molar refractivity (Wildman–Crippen MR) is 68.3 cm³/mol. The van der Waals surface area contributed by atoms with Crippen LogP contribution in [0.15, 0.2) is 0 Å². The zero-order valence-corrected chi connectivity index (χ0v) is 10.7. The van der Waals surface area contributed by atoms with Crippen molar-refractivity contribution in [2.45, 2.75) is 58.1 Å². The Morgan fingerprint density at radius 1 is 1.56 bits per heavy atom. The molecule has 0 bridgehead atoms. The first kappa shape index (κ1) is 13.5. The average molecular weight is 223 g/mol. The molecular weight excluding hydrogens is 198 g/mol. The van der Waals surface area contributed by atoms with Crippen molar-refractivity contribution < 1.29 is 4.74 Å². The smallest absolute Gasteiger partial charge is 0.0754 e. The molecule has 0 aromatic rings. The Hall–Kier alpha value is -0.520. The van der Waals surface area contributed by atoms with Crippen molar-refractivity contribution in [2.75, 3.05) is 13.2 Å².